The van der Waals surface area contributed by atoms with Crippen molar-refractivity contribution in [2.24, 2.45) is 0 Å². The van der Waals surface area contributed by atoms with Gasteiger partial charge in [-0.1, -0.05) is 55.5 Å². The van der Waals surface area contributed by atoms with E-state index in [1.165, 1.54) is 0 Å². The maximum atomic E-state index is 12.4. The van der Waals surface area contributed by atoms with Gasteiger partial charge in [0.05, 0.1) is 6.04 Å². The molecule has 2 rings (SSSR count). The second kappa shape index (κ2) is 8.34. The Kier molecular flexibility index (Phi) is 6.18. The zero-order chi connectivity index (χ0) is 16.7. The summed E-state index contributed by atoms with van der Waals surface area (Å²) in [6.07, 6.45) is 1.34. The highest BCUT2D eigenvalue weighted by Gasteiger charge is 2.15. The predicted molar refractivity (Wildman–Crippen MR) is 93.6 cm³/mol. The predicted octanol–water partition coefficient (Wildman–Crippen LogP) is 3.80. The Morgan fingerprint density at radius 3 is 2.52 bits per heavy atom. The van der Waals surface area contributed by atoms with Gasteiger partial charge >= 0.3 is 6.03 Å². The van der Waals surface area contributed by atoms with Crippen molar-refractivity contribution in [2.75, 3.05) is 11.9 Å². The molecule has 0 spiro atoms. The van der Waals surface area contributed by atoms with Crippen LogP contribution in [-0.2, 0) is 6.42 Å². The number of para-hydroxylation sites is 1. The van der Waals surface area contributed by atoms with Crippen molar-refractivity contribution < 1.29 is 9.90 Å². The average molecular weight is 312 g/mol. The van der Waals surface area contributed by atoms with Crippen molar-refractivity contribution in [2.45, 2.75) is 32.7 Å². The average Bonchev–Trinajstić information content (AvgIpc) is 2.57. The molecule has 0 heterocycles. The first-order chi connectivity index (χ1) is 11.2. The lowest BCUT2D eigenvalue weighted by Gasteiger charge is -2.20. The van der Waals surface area contributed by atoms with E-state index in [0.717, 1.165) is 28.8 Å². The van der Waals surface area contributed by atoms with Gasteiger partial charge in [-0.25, -0.2) is 4.79 Å². The maximum Gasteiger partial charge on any atom is 0.319 e. The number of amides is 2. The molecule has 0 radical (unpaired) electrons. The first-order valence-corrected chi connectivity index (χ1v) is 7.97. The molecule has 0 saturated heterocycles. The first kappa shape index (κ1) is 17.0. The van der Waals surface area contributed by atoms with E-state index in [9.17, 15) is 9.90 Å². The Morgan fingerprint density at radius 2 is 1.87 bits per heavy atom. The number of hydrogen-bond donors (Lipinski definition) is 3. The Balaban J connectivity index is 2.11. The van der Waals surface area contributed by atoms with Gasteiger partial charge in [-0.2, -0.15) is 0 Å². The van der Waals surface area contributed by atoms with Gasteiger partial charge in [0.2, 0.25) is 0 Å². The number of urea groups is 1. The van der Waals surface area contributed by atoms with Gasteiger partial charge in [0.15, 0.2) is 0 Å². The molecular formula is C19H24N2O2. The molecule has 0 aliphatic heterocycles. The highest BCUT2D eigenvalue weighted by atomic mass is 16.3. The van der Waals surface area contributed by atoms with Crippen LogP contribution in [0.4, 0.5) is 10.5 Å². The van der Waals surface area contributed by atoms with Crippen LogP contribution in [0.5, 0.6) is 0 Å². The monoisotopic (exact) mass is 312 g/mol. The number of aliphatic hydroxyl groups is 1. The van der Waals surface area contributed by atoms with E-state index in [1.807, 2.05) is 55.5 Å². The second-order valence-corrected chi connectivity index (χ2v) is 5.54. The molecule has 0 aromatic heterocycles. The summed E-state index contributed by atoms with van der Waals surface area (Å²) < 4.78 is 0. The molecule has 0 unspecified atom stereocenters. The minimum absolute atomic E-state index is 0.0183. The Hall–Kier alpha value is -2.33. The molecule has 0 aliphatic rings. The van der Waals surface area contributed by atoms with Gasteiger partial charge in [-0.3, -0.25) is 0 Å². The summed E-state index contributed by atoms with van der Waals surface area (Å²) >= 11 is 0. The SMILES string of the molecule is CCc1cccc(C)c1NC(=O)N[C@H](CCO)c1ccccc1. The van der Waals surface area contributed by atoms with Crippen LogP contribution in [0.15, 0.2) is 48.5 Å². The number of benzene rings is 2. The van der Waals surface area contributed by atoms with Crippen LogP contribution in [0.25, 0.3) is 0 Å². The van der Waals surface area contributed by atoms with E-state index in [2.05, 4.69) is 17.6 Å². The lowest BCUT2D eigenvalue weighted by atomic mass is 10.0. The number of anilines is 1. The molecule has 122 valence electrons. The van der Waals surface area contributed by atoms with Crippen LogP contribution in [0.3, 0.4) is 0 Å². The Bertz CT molecular complexity index is 641. The van der Waals surface area contributed by atoms with Crippen LogP contribution >= 0.6 is 0 Å². The summed E-state index contributed by atoms with van der Waals surface area (Å²) in [7, 11) is 0. The van der Waals surface area contributed by atoms with E-state index >= 15 is 0 Å². The normalized spacial score (nSPS) is 11.8. The van der Waals surface area contributed by atoms with E-state index in [1.54, 1.807) is 0 Å². The van der Waals surface area contributed by atoms with Crippen LogP contribution < -0.4 is 10.6 Å². The molecule has 4 nitrogen and oxygen atoms in total. The van der Waals surface area contributed by atoms with Crippen LogP contribution in [-0.4, -0.2) is 17.7 Å². The lowest BCUT2D eigenvalue weighted by molar-refractivity contribution is 0.239. The Morgan fingerprint density at radius 1 is 1.13 bits per heavy atom. The molecule has 2 aromatic rings. The van der Waals surface area contributed by atoms with Gasteiger partial charge < -0.3 is 15.7 Å². The molecular weight excluding hydrogens is 288 g/mol. The molecule has 0 bridgehead atoms. The molecule has 2 amide bonds. The topological polar surface area (TPSA) is 61.4 Å². The molecule has 0 aliphatic carbocycles. The molecule has 4 heteroatoms. The third-order valence-corrected chi connectivity index (χ3v) is 3.90. The molecule has 0 saturated carbocycles. The number of nitrogens with one attached hydrogen (secondary N) is 2. The van der Waals surface area contributed by atoms with Crippen LogP contribution in [0.1, 0.15) is 36.1 Å². The summed E-state index contributed by atoms with van der Waals surface area (Å²) in [6, 6.07) is 15.2. The summed E-state index contributed by atoms with van der Waals surface area (Å²) in [6.45, 7) is 4.07. The highest BCUT2D eigenvalue weighted by molar-refractivity contribution is 5.91. The minimum Gasteiger partial charge on any atom is -0.396 e. The summed E-state index contributed by atoms with van der Waals surface area (Å²) in [5, 5.41) is 15.2. The molecule has 1 atom stereocenters. The van der Waals surface area contributed by atoms with Crippen molar-refractivity contribution >= 4 is 11.7 Å². The third-order valence-electron chi connectivity index (χ3n) is 3.90. The van der Waals surface area contributed by atoms with Crippen molar-refractivity contribution in [1.82, 2.24) is 5.32 Å². The summed E-state index contributed by atoms with van der Waals surface area (Å²) in [5.41, 5.74) is 4.00. The van der Waals surface area contributed by atoms with Gasteiger partial charge in [0, 0.05) is 12.3 Å². The van der Waals surface area contributed by atoms with Crippen LogP contribution in [0.2, 0.25) is 0 Å². The standard InChI is InChI=1S/C19H24N2O2/c1-3-15-11-7-8-14(2)18(15)21-19(23)20-17(12-13-22)16-9-5-4-6-10-16/h4-11,17,22H,3,12-13H2,1-2H3,(H2,20,21,23)/t17-/m1/s1. The number of carbonyl (C=O) groups is 1. The zero-order valence-corrected chi connectivity index (χ0v) is 13.7. The Labute approximate surface area is 137 Å². The van der Waals surface area contributed by atoms with Gasteiger partial charge in [-0.15, -0.1) is 0 Å². The summed E-state index contributed by atoms with van der Waals surface area (Å²) in [5.74, 6) is 0. The molecule has 3 N–H and O–H groups in total. The van der Waals surface area contributed by atoms with E-state index in [-0.39, 0.29) is 18.7 Å². The maximum absolute atomic E-state index is 12.4. The van der Waals surface area contributed by atoms with E-state index in [0.29, 0.717) is 6.42 Å². The molecule has 0 fully saturated rings. The fourth-order valence-corrected chi connectivity index (χ4v) is 2.65. The smallest absolute Gasteiger partial charge is 0.319 e. The minimum atomic E-state index is -0.253. The summed E-state index contributed by atoms with van der Waals surface area (Å²) in [4.78, 5) is 12.4. The number of rotatable bonds is 6. The van der Waals surface area contributed by atoms with Gasteiger partial charge in [-0.05, 0) is 36.5 Å². The quantitative estimate of drug-likeness (QED) is 0.759. The van der Waals surface area contributed by atoms with E-state index in [4.69, 9.17) is 0 Å². The van der Waals surface area contributed by atoms with Gasteiger partial charge in [0.1, 0.15) is 0 Å². The van der Waals surface area contributed by atoms with Crippen LogP contribution in [0, 0.1) is 6.92 Å². The second-order valence-electron chi connectivity index (χ2n) is 5.54. The highest BCUT2D eigenvalue weighted by Crippen LogP contribution is 2.22. The number of aliphatic hydroxyl groups excluding tert-OH is 1. The van der Waals surface area contributed by atoms with Crippen molar-refractivity contribution in [1.29, 1.82) is 0 Å². The fraction of sp³-hybridized carbons (Fsp3) is 0.316. The van der Waals surface area contributed by atoms with Crippen molar-refractivity contribution in [3.63, 3.8) is 0 Å². The van der Waals surface area contributed by atoms with Crippen molar-refractivity contribution in [3.8, 4) is 0 Å². The first-order valence-electron chi connectivity index (χ1n) is 7.97. The number of hydrogen-bond acceptors (Lipinski definition) is 2. The zero-order valence-electron chi connectivity index (χ0n) is 13.7. The molecule has 23 heavy (non-hydrogen) atoms. The number of aryl methyl sites for hydroxylation is 2. The number of carbonyl (C=O) groups excluding carboxylic acids is 1. The van der Waals surface area contributed by atoms with Gasteiger partial charge in [0.25, 0.3) is 0 Å². The largest absolute Gasteiger partial charge is 0.396 e. The van der Waals surface area contributed by atoms with E-state index < -0.39 is 0 Å². The third kappa shape index (κ3) is 4.57. The fourth-order valence-electron chi connectivity index (χ4n) is 2.65. The van der Waals surface area contributed by atoms with Crippen molar-refractivity contribution in [3.05, 3.63) is 65.2 Å². The molecule has 2 aromatic carbocycles. The lowest BCUT2D eigenvalue weighted by Crippen LogP contribution is -2.33.